The van der Waals surface area contributed by atoms with Gasteiger partial charge in [-0.2, -0.15) is 0 Å². The van der Waals surface area contributed by atoms with E-state index in [9.17, 15) is 0 Å². The van der Waals surface area contributed by atoms with Crippen LogP contribution < -0.4 is 4.90 Å². The van der Waals surface area contributed by atoms with Crippen LogP contribution in [-0.2, 0) is 6.42 Å². The Labute approximate surface area is 161 Å². The Morgan fingerprint density at radius 3 is 1.67 bits per heavy atom. The fourth-order valence-electron chi connectivity index (χ4n) is 2.85. The van der Waals surface area contributed by atoms with Crippen LogP contribution >= 0.6 is 0 Å². The van der Waals surface area contributed by atoms with Crippen LogP contribution in [0.1, 0.15) is 29.2 Å². The van der Waals surface area contributed by atoms with Gasteiger partial charge in [-0.05, 0) is 78.8 Å². The second kappa shape index (κ2) is 8.42. The zero-order valence-electron chi connectivity index (χ0n) is 15.6. The summed E-state index contributed by atoms with van der Waals surface area (Å²) < 4.78 is 0. The highest BCUT2D eigenvalue weighted by Crippen LogP contribution is 2.38. The number of nitrogens with zero attached hydrogens (tertiary/aromatic N) is 1. The lowest BCUT2D eigenvalue weighted by atomic mass is 9.94. The topological polar surface area (TPSA) is 3.24 Å². The predicted molar refractivity (Wildman–Crippen MR) is 112 cm³/mol. The van der Waals surface area contributed by atoms with Crippen molar-refractivity contribution in [1.29, 1.82) is 0 Å². The van der Waals surface area contributed by atoms with Gasteiger partial charge >= 0.3 is 0 Å². The number of anilines is 2. The maximum absolute atomic E-state index is 3.18. The third kappa shape index (κ3) is 4.36. The summed E-state index contributed by atoms with van der Waals surface area (Å²) in [5.74, 6) is 24.3. The summed E-state index contributed by atoms with van der Waals surface area (Å²) in [6.45, 7) is 5.92. The molecule has 0 fully saturated rings. The van der Waals surface area contributed by atoms with E-state index in [0.29, 0.717) is 0 Å². The van der Waals surface area contributed by atoms with Gasteiger partial charge in [0.15, 0.2) is 0 Å². The minimum absolute atomic E-state index is 0.917. The third-order valence-corrected chi connectivity index (χ3v) is 4.07. The Kier molecular flexibility index (Phi) is 5.57. The van der Waals surface area contributed by atoms with Crippen molar-refractivity contribution in [3.63, 3.8) is 0 Å². The first-order valence-electron chi connectivity index (χ1n) is 8.60. The molecular weight excluding hydrogens is 326 g/mol. The maximum Gasteiger partial charge on any atom is 0.0584 e. The monoisotopic (exact) mass is 343 g/mol. The van der Waals surface area contributed by atoms with Gasteiger partial charge in [0.05, 0.1) is 11.4 Å². The van der Waals surface area contributed by atoms with E-state index in [1.807, 2.05) is 4.90 Å². The van der Waals surface area contributed by atoms with Crippen molar-refractivity contribution in [3.8, 4) is 59.3 Å². The van der Waals surface area contributed by atoms with E-state index in [2.05, 4.69) is 110 Å². The van der Waals surface area contributed by atoms with E-state index in [-0.39, 0.29) is 0 Å². The molecule has 0 unspecified atom stereocenters. The fourth-order valence-corrected chi connectivity index (χ4v) is 2.85. The largest absolute Gasteiger partial charge is 0.268 e. The SMILES string of the molecule is CC#CC#CC#CC#CC#CN1c2cc(C)ccc2Cc2ccc(C)cc21. The van der Waals surface area contributed by atoms with Crippen LogP contribution in [0.15, 0.2) is 36.4 Å². The maximum atomic E-state index is 3.18. The average Bonchev–Trinajstić information content (AvgIpc) is 2.66. The molecule has 0 aliphatic carbocycles. The quantitative estimate of drug-likeness (QED) is 0.643. The molecule has 1 nitrogen and oxygen atoms in total. The number of rotatable bonds is 0. The van der Waals surface area contributed by atoms with Gasteiger partial charge in [0.25, 0.3) is 0 Å². The van der Waals surface area contributed by atoms with Gasteiger partial charge in [-0.25, -0.2) is 0 Å². The van der Waals surface area contributed by atoms with Crippen LogP contribution in [0.4, 0.5) is 11.4 Å². The van der Waals surface area contributed by atoms with Crippen molar-refractivity contribution in [2.24, 2.45) is 0 Å². The highest BCUT2D eigenvalue weighted by molar-refractivity contribution is 5.79. The van der Waals surface area contributed by atoms with E-state index in [4.69, 9.17) is 0 Å². The molecule has 0 atom stereocenters. The summed E-state index contributed by atoms with van der Waals surface area (Å²) in [6.07, 6.45) is 0.917. The van der Waals surface area contributed by atoms with Crippen molar-refractivity contribution < 1.29 is 0 Å². The summed E-state index contributed by atoms with van der Waals surface area (Å²) in [6, 6.07) is 16.2. The van der Waals surface area contributed by atoms with Crippen molar-refractivity contribution in [2.45, 2.75) is 27.2 Å². The number of aryl methyl sites for hydroxylation is 2. The van der Waals surface area contributed by atoms with Gasteiger partial charge in [0.2, 0.25) is 0 Å². The minimum atomic E-state index is 0.917. The lowest BCUT2D eigenvalue weighted by molar-refractivity contribution is 1.09. The van der Waals surface area contributed by atoms with E-state index in [1.165, 1.54) is 22.3 Å². The number of hydrogen-bond acceptors (Lipinski definition) is 1. The first-order chi connectivity index (χ1) is 13.2. The molecule has 1 aliphatic heterocycles. The molecule has 0 spiro atoms. The molecule has 0 aromatic heterocycles. The predicted octanol–water partition coefficient (Wildman–Crippen LogP) is 4.34. The molecule has 0 amide bonds. The van der Waals surface area contributed by atoms with E-state index >= 15 is 0 Å². The summed E-state index contributed by atoms with van der Waals surface area (Å²) in [4.78, 5) is 2.03. The molecule has 3 rings (SSSR count). The molecular formula is C26H17N. The van der Waals surface area contributed by atoms with Crippen LogP contribution in [0.25, 0.3) is 0 Å². The van der Waals surface area contributed by atoms with Crippen LogP contribution in [0.2, 0.25) is 0 Å². The fraction of sp³-hybridized carbons (Fsp3) is 0.154. The Hall–Kier alpha value is -3.96. The van der Waals surface area contributed by atoms with E-state index in [0.717, 1.165) is 17.8 Å². The van der Waals surface area contributed by atoms with E-state index < -0.39 is 0 Å². The number of fused-ring (bicyclic) bond motifs is 2. The molecule has 27 heavy (non-hydrogen) atoms. The smallest absolute Gasteiger partial charge is 0.0584 e. The second-order valence-electron chi connectivity index (χ2n) is 6.14. The number of hydrogen-bond donors (Lipinski definition) is 0. The van der Waals surface area contributed by atoms with Gasteiger partial charge in [-0.15, -0.1) is 0 Å². The minimum Gasteiger partial charge on any atom is -0.268 e. The van der Waals surface area contributed by atoms with Crippen LogP contribution in [0.5, 0.6) is 0 Å². The molecule has 0 saturated carbocycles. The second-order valence-corrected chi connectivity index (χ2v) is 6.14. The zero-order chi connectivity index (χ0) is 19.1. The van der Waals surface area contributed by atoms with Gasteiger partial charge in [-0.1, -0.05) is 30.2 Å². The van der Waals surface area contributed by atoms with E-state index in [1.54, 1.807) is 6.92 Å². The summed E-state index contributed by atoms with van der Waals surface area (Å²) in [5, 5.41) is 0. The third-order valence-electron chi connectivity index (χ3n) is 4.07. The molecule has 0 N–H and O–H groups in total. The summed E-state index contributed by atoms with van der Waals surface area (Å²) in [5.41, 5.74) is 7.21. The highest BCUT2D eigenvalue weighted by Gasteiger charge is 2.21. The lowest BCUT2D eigenvalue weighted by Gasteiger charge is -2.29. The van der Waals surface area contributed by atoms with Crippen molar-refractivity contribution in [1.82, 2.24) is 0 Å². The molecule has 0 saturated heterocycles. The molecule has 1 heterocycles. The van der Waals surface area contributed by atoms with Crippen molar-refractivity contribution >= 4 is 11.4 Å². The molecule has 2 aromatic carbocycles. The standard InChI is InChI=1S/C26H17N/c1-4-5-6-7-8-9-10-11-12-17-27-25-18-21(2)13-15-23(25)20-24-16-14-22(3)19-26(24)27/h13-16,18-19H,20H2,1-3H3. The molecule has 0 radical (unpaired) electrons. The summed E-state index contributed by atoms with van der Waals surface area (Å²) >= 11 is 0. The van der Waals surface area contributed by atoms with Gasteiger partial charge < -0.3 is 0 Å². The molecule has 1 aliphatic rings. The molecule has 1 heteroatoms. The van der Waals surface area contributed by atoms with Crippen molar-refractivity contribution in [2.75, 3.05) is 4.90 Å². The Balaban J connectivity index is 1.94. The lowest BCUT2D eigenvalue weighted by Crippen LogP contribution is -2.18. The first kappa shape index (κ1) is 17.8. The first-order valence-corrected chi connectivity index (χ1v) is 8.60. The van der Waals surface area contributed by atoms with Gasteiger partial charge in [0, 0.05) is 36.1 Å². The highest BCUT2D eigenvalue weighted by atomic mass is 15.1. The molecule has 0 bridgehead atoms. The Morgan fingerprint density at radius 1 is 0.667 bits per heavy atom. The molecule has 126 valence electrons. The normalized spacial score (nSPS) is 9.81. The van der Waals surface area contributed by atoms with Crippen LogP contribution in [-0.4, -0.2) is 0 Å². The van der Waals surface area contributed by atoms with Gasteiger partial charge in [-0.3, -0.25) is 4.90 Å². The van der Waals surface area contributed by atoms with Crippen LogP contribution in [0, 0.1) is 73.2 Å². The number of benzene rings is 2. The zero-order valence-corrected chi connectivity index (χ0v) is 15.6. The summed E-state index contributed by atoms with van der Waals surface area (Å²) in [7, 11) is 0. The van der Waals surface area contributed by atoms with Crippen LogP contribution in [0.3, 0.4) is 0 Å². The van der Waals surface area contributed by atoms with Crippen molar-refractivity contribution in [3.05, 3.63) is 58.7 Å². The average molecular weight is 343 g/mol. The van der Waals surface area contributed by atoms with Gasteiger partial charge in [0.1, 0.15) is 0 Å². The Bertz CT molecular complexity index is 1150. The molecule has 2 aromatic rings. The Morgan fingerprint density at radius 2 is 1.15 bits per heavy atom.